The van der Waals surface area contributed by atoms with Crippen molar-refractivity contribution in [3.05, 3.63) is 35.9 Å². The lowest BCUT2D eigenvalue weighted by Crippen LogP contribution is -2.41. The fraction of sp³-hybridized carbons (Fsp3) is 0.579. The van der Waals surface area contributed by atoms with Gasteiger partial charge in [0.05, 0.1) is 0 Å². The largest absolute Gasteiger partial charge is 0.356 e. The topological polar surface area (TPSA) is 70.2 Å². The van der Waals surface area contributed by atoms with Crippen molar-refractivity contribution in [1.29, 1.82) is 0 Å². The molecule has 0 unspecified atom stereocenters. The molecule has 3 N–H and O–H groups in total. The van der Waals surface area contributed by atoms with Crippen LogP contribution < -0.4 is 16.0 Å². The van der Waals surface area contributed by atoms with Crippen molar-refractivity contribution < 1.29 is 9.59 Å². The van der Waals surface area contributed by atoms with E-state index in [4.69, 9.17) is 0 Å². The van der Waals surface area contributed by atoms with Crippen LogP contribution in [-0.2, 0) is 10.2 Å². The third-order valence-corrected chi connectivity index (χ3v) is 5.24. The second kappa shape index (κ2) is 7.69. The minimum Gasteiger partial charge on any atom is -0.356 e. The summed E-state index contributed by atoms with van der Waals surface area (Å²) >= 11 is 0. The predicted molar refractivity (Wildman–Crippen MR) is 93.7 cm³/mol. The van der Waals surface area contributed by atoms with Crippen LogP contribution in [0.15, 0.2) is 30.3 Å². The molecule has 3 amide bonds. The van der Waals surface area contributed by atoms with Crippen LogP contribution in [0.4, 0.5) is 4.79 Å². The van der Waals surface area contributed by atoms with Crippen LogP contribution >= 0.6 is 0 Å². The maximum atomic E-state index is 11.9. The highest BCUT2D eigenvalue weighted by atomic mass is 16.2. The molecule has 0 aromatic heterocycles. The zero-order chi connectivity index (χ0) is 16.8. The normalized spacial score (nSPS) is 18.3. The number of hydrogen-bond acceptors (Lipinski definition) is 2. The predicted octanol–water partition coefficient (Wildman–Crippen LogP) is 2.32. The van der Waals surface area contributed by atoms with Crippen LogP contribution in [0.2, 0.25) is 0 Å². The Morgan fingerprint density at radius 2 is 1.71 bits per heavy atom. The first-order valence-corrected chi connectivity index (χ1v) is 9.05. The highest BCUT2D eigenvalue weighted by molar-refractivity contribution is 5.79. The number of urea groups is 1. The molecule has 24 heavy (non-hydrogen) atoms. The Morgan fingerprint density at radius 1 is 1.00 bits per heavy atom. The molecule has 130 valence electrons. The van der Waals surface area contributed by atoms with E-state index in [9.17, 15) is 9.59 Å². The Balaban J connectivity index is 1.27. The van der Waals surface area contributed by atoms with Gasteiger partial charge in [0.25, 0.3) is 0 Å². The summed E-state index contributed by atoms with van der Waals surface area (Å²) in [6.45, 7) is 1.89. The van der Waals surface area contributed by atoms with E-state index in [1.807, 2.05) is 18.2 Å². The Morgan fingerprint density at radius 3 is 2.33 bits per heavy atom. The molecule has 1 aromatic carbocycles. The van der Waals surface area contributed by atoms with Crippen molar-refractivity contribution in [3.63, 3.8) is 0 Å². The van der Waals surface area contributed by atoms with Gasteiger partial charge in [0.1, 0.15) is 0 Å². The lowest BCUT2D eigenvalue weighted by atomic mass is 9.85. The Labute approximate surface area is 143 Å². The van der Waals surface area contributed by atoms with Gasteiger partial charge in [-0.3, -0.25) is 4.79 Å². The minimum atomic E-state index is -0.123. The van der Waals surface area contributed by atoms with E-state index in [0.29, 0.717) is 19.6 Å². The second-order valence-electron chi connectivity index (χ2n) is 7.03. The zero-order valence-corrected chi connectivity index (χ0v) is 14.1. The number of rotatable bonds is 8. The Hall–Kier alpha value is -2.04. The summed E-state index contributed by atoms with van der Waals surface area (Å²) in [6, 6.07) is 10.3. The Kier molecular flexibility index (Phi) is 5.38. The van der Waals surface area contributed by atoms with Gasteiger partial charge in [0.15, 0.2) is 0 Å². The molecule has 2 aliphatic carbocycles. The van der Waals surface area contributed by atoms with E-state index in [2.05, 4.69) is 28.1 Å². The first-order chi connectivity index (χ1) is 11.7. The summed E-state index contributed by atoms with van der Waals surface area (Å²) in [7, 11) is 0. The summed E-state index contributed by atoms with van der Waals surface area (Å²) in [4.78, 5) is 23.6. The Bertz CT molecular complexity index is 565. The molecule has 0 radical (unpaired) electrons. The van der Waals surface area contributed by atoms with Gasteiger partial charge in [0.2, 0.25) is 5.91 Å². The van der Waals surface area contributed by atoms with Crippen LogP contribution in [-0.4, -0.2) is 31.6 Å². The smallest absolute Gasteiger partial charge is 0.314 e. The number of benzene rings is 1. The highest BCUT2D eigenvalue weighted by Crippen LogP contribution is 2.47. The van der Waals surface area contributed by atoms with Gasteiger partial charge in [-0.05, 0) is 37.7 Å². The van der Waals surface area contributed by atoms with E-state index in [1.165, 1.54) is 12.0 Å². The molecule has 2 aliphatic rings. The monoisotopic (exact) mass is 329 g/mol. The van der Waals surface area contributed by atoms with Gasteiger partial charge < -0.3 is 16.0 Å². The maximum absolute atomic E-state index is 11.9. The first-order valence-electron chi connectivity index (χ1n) is 9.05. The quantitative estimate of drug-likeness (QED) is 0.641. The molecule has 0 spiro atoms. The molecule has 5 nitrogen and oxygen atoms in total. The third-order valence-electron chi connectivity index (χ3n) is 5.24. The average Bonchev–Trinajstić information content (AvgIpc) is 3.33. The van der Waals surface area contributed by atoms with Gasteiger partial charge in [-0.2, -0.15) is 0 Å². The van der Waals surface area contributed by atoms with Gasteiger partial charge >= 0.3 is 6.03 Å². The van der Waals surface area contributed by atoms with Crippen molar-refractivity contribution in [1.82, 2.24) is 16.0 Å². The molecule has 5 heteroatoms. The van der Waals surface area contributed by atoms with Crippen molar-refractivity contribution in [2.45, 2.75) is 43.9 Å². The summed E-state index contributed by atoms with van der Waals surface area (Å²) in [5.74, 6) is 0.401. The summed E-state index contributed by atoms with van der Waals surface area (Å²) in [6.07, 6.45) is 6.24. The molecular weight excluding hydrogens is 302 g/mol. The van der Waals surface area contributed by atoms with E-state index in [1.54, 1.807) is 0 Å². The van der Waals surface area contributed by atoms with Gasteiger partial charge in [-0.25, -0.2) is 4.79 Å². The SMILES string of the molecule is O=C(NCCCNC(=O)C1CCC1)NCC1(c2ccccc2)CC1. The molecule has 0 atom stereocenters. The minimum absolute atomic E-state index is 0.123. The zero-order valence-electron chi connectivity index (χ0n) is 14.1. The standard InChI is InChI=1S/C19H27N3O2/c23-17(15-6-4-7-15)20-12-5-13-21-18(24)22-14-19(10-11-19)16-8-2-1-3-9-16/h1-3,8-9,15H,4-7,10-14H2,(H,20,23)(H2,21,22,24). The molecule has 2 saturated carbocycles. The second-order valence-corrected chi connectivity index (χ2v) is 7.03. The maximum Gasteiger partial charge on any atom is 0.314 e. The number of carbonyl (C=O) groups is 2. The van der Waals surface area contributed by atoms with Crippen LogP contribution in [0.25, 0.3) is 0 Å². The first kappa shape index (κ1) is 16.8. The molecule has 0 heterocycles. The molecule has 0 saturated heterocycles. The van der Waals surface area contributed by atoms with E-state index in [-0.39, 0.29) is 23.3 Å². The van der Waals surface area contributed by atoms with Crippen molar-refractivity contribution in [3.8, 4) is 0 Å². The van der Waals surface area contributed by atoms with Gasteiger partial charge in [-0.1, -0.05) is 36.8 Å². The molecule has 1 aromatic rings. The lowest BCUT2D eigenvalue weighted by Gasteiger charge is -2.24. The van der Waals surface area contributed by atoms with Gasteiger partial charge in [-0.15, -0.1) is 0 Å². The third kappa shape index (κ3) is 4.28. The molecular formula is C19H27N3O2. The van der Waals surface area contributed by atoms with Crippen molar-refractivity contribution in [2.75, 3.05) is 19.6 Å². The highest BCUT2D eigenvalue weighted by Gasteiger charge is 2.44. The molecule has 0 aliphatic heterocycles. The number of hydrogen-bond donors (Lipinski definition) is 3. The number of carbonyl (C=O) groups excluding carboxylic acids is 2. The van der Waals surface area contributed by atoms with Gasteiger partial charge in [0, 0.05) is 31.0 Å². The average molecular weight is 329 g/mol. The van der Waals surface area contributed by atoms with E-state index >= 15 is 0 Å². The van der Waals surface area contributed by atoms with Crippen molar-refractivity contribution in [2.24, 2.45) is 5.92 Å². The number of amides is 3. The fourth-order valence-corrected chi connectivity index (χ4v) is 3.14. The summed E-state index contributed by atoms with van der Waals surface area (Å²) in [5, 5.41) is 8.78. The summed E-state index contributed by atoms with van der Waals surface area (Å²) in [5.41, 5.74) is 1.44. The van der Waals surface area contributed by atoms with E-state index in [0.717, 1.165) is 32.1 Å². The lowest BCUT2D eigenvalue weighted by molar-refractivity contribution is -0.127. The molecule has 2 fully saturated rings. The van der Waals surface area contributed by atoms with E-state index < -0.39 is 0 Å². The molecule has 0 bridgehead atoms. The molecule has 3 rings (SSSR count). The van der Waals surface area contributed by atoms with Crippen LogP contribution in [0.5, 0.6) is 0 Å². The number of nitrogens with one attached hydrogen (secondary N) is 3. The van der Waals surface area contributed by atoms with Crippen LogP contribution in [0.3, 0.4) is 0 Å². The van der Waals surface area contributed by atoms with Crippen LogP contribution in [0, 0.1) is 5.92 Å². The summed E-state index contributed by atoms with van der Waals surface area (Å²) < 4.78 is 0. The van der Waals surface area contributed by atoms with Crippen molar-refractivity contribution >= 4 is 11.9 Å². The fourth-order valence-electron chi connectivity index (χ4n) is 3.14. The van der Waals surface area contributed by atoms with Crippen LogP contribution in [0.1, 0.15) is 44.1 Å².